The zero-order chi connectivity index (χ0) is 14.8. The third kappa shape index (κ3) is 2.95. The molecule has 1 aromatic carbocycles. The summed E-state index contributed by atoms with van der Waals surface area (Å²) in [4.78, 5) is 12.8. The van der Waals surface area contributed by atoms with Gasteiger partial charge in [-0.3, -0.25) is 15.0 Å². The highest BCUT2D eigenvalue weighted by Crippen LogP contribution is 2.33. The van der Waals surface area contributed by atoms with E-state index in [-0.39, 0.29) is 16.7 Å². The van der Waals surface area contributed by atoms with E-state index in [4.69, 9.17) is 4.52 Å². The fraction of sp³-hybridized carbons (Fsp3) is 0.400. The van der Waals surface area contributed by atoms with Crippen LogP contribution in [0.4, 0.5) is 5.69 Å². The first kappa shape index (κ1) is 13.8. The number of hydrogen-bond donors (Lipinski definition) is 0. The minimum Gasteiger partial charge on any atom is -0.361 e. The minimum absolute atomic E-state index is 0.139. The molecule has 1 fully saturated rings. The standard InChI is InChI=1S/C15H17N3O3/c1-11-8-14(16-21-11)15-6-3-7-17(15)10-12-4-2-5-13(9-12)18(19)20/h2,4-5,8-9,15H,3,6-7,10H2,1H3/t15-/m0/s1. The molecule has 6 nitrogen and oxygen atoms in total. The van der Waals surface area contributed by atoms with Crippen LogP contribution in [0.25, 0.3) is 0 Å². The van der Waals surface area contributed by atoms with Crippen molar-refractivity contribution in [1.82, 2.24) is 10.1 Å². The lowest BCUT2D eigenvalue weighted by Gasteiger charge is -2.22. The first-order valence-electron chi connectivity index (χ1n) is 7.04. The number of nitro benzene ring substituents is 1. The molecule has 0 radical (unpaired) electrons. The first-order chi connectivity index (χ1) is 10.1. The van der Waals surface area contributed by atoms with Gasteiger partial charge in [0.1, 0.15) is 11.5 Å². The Morgan fingerprint density at radius 3 is 3.05 bits per heavy atom. The first-order valence-corrected chi connectivity index (χ1v) is 7.04. The number of nitro groups is 1. The van der Waals surface area contributed by atoms with Gasteiger partial charge in [0, 0.05) is 24.7 Å². The van der Waals surface area contributed by atoms with Crippen LogP contribution in [0.3, 0.4) is 0 Å². The van der Waals surface area contributed by atoms with Gasteiger partial charge in [0.2, 0.25) is 0 Å². The topological polar surface area (TPSA) is 72.4 Å². The van der Waals surface area contributed by atoms with Crippen molar-refractivity contribution in [1.29, 1.82) is 0 Å². The van der Waals surface area contributed by atoms with Crippen molar-refractivity contribution < 1.29 is 9.45 Å². The molecule has 0 N–H and O–H groups in total. The molecule has 1 saturated heterocycles. The molecule has 0 aliphatic carbocycles. The maximum Gasteiger partial charge on any atom is 0.269 e. The molecule has 0 saturated carbocycles. The molecule has 1 aliphatic rings. The molecule has 110 valence electrons. The van der Waals surface area contributed by atoms with Crippen molar-refractivity contribution >= 4 is 5.69 Å². The summed E-state index contributed by atoms with van der Waals surface area (Å²) < 4.78 is 5.16. The molecule has 0 bridgehead atoms. The van der Waals surface area contributed by atoms with Gasteiger partial charge in [0.25, 0.3) is 5.69 Å². The van der Waals surface area contributed by atoms with Gasteiger partial charge in [-0.15, -0.1) is 0 Å². The summed E-state index contributed by atoms with van der Waals surface area (Å²) in [5.41, 5.74) is 2.05. The van der Waals surface area contributed by atoms with E-state index < -0.39 is 0 Å². The van der Waals surface area contributed by atoms with Crippen molar-refractivity contribution in [3.8, 4) is 0 Å². The quantitative estimate of drug-likeness (QED) is 0.637. The van der Waals surface area contributed by atoms with Gasteiger partial charge in [-0.25, -0.2) is 0 Å². The number of non-ortho nitro benzene ring substituents is 1. The van der Waals surface area contributed by atoms with Crippen LogP contribution in [0.15, 0.2) is 34.9 Å². The number of likely N-dealkylation sites (tertiary alicyclic amines) is 1. The van der Waals surface area contributed by atoms with Gasteiger partial charge < -0.3 is 4.52 Å². The van der Waals surface area contributed by atoms with Gasteiger partial charge in [-0.05, 0) is 31.9 Å². The average molecular weight is 287 g/mol. The number of hydrogen-bond acceptors (Lipinski definition) is 5. The second-order valence-corrected chi connectivity index (χ2v) is 5.42. The summed E-state index contributed by atoms with van der Waals surface area (Å²) in [7, 11) is 0. The van der Waals surface area contributed by atoms with Gasteiger partial charge in [-0.2, -0.15) is 0 Å². The number of benzene rings is 1. The second-order valence-electron chi connectivity index (χ2n) is 5.42. The van der Waals surface area contributed by atoms with Crippen molar-refractivity contribution in [2.75, 3.05) is 6.54 Å². The van der Waals surface area contributed by atoms with Crippen LogP contribution < -0.4 is 0 Å². The largest absolute Gasteiger partial charge is 0.361 e. The molecule has 0 unspecified atom stereocenters. The van der Waals surface area contributed by atoms with Crippen molar-refractivity contribution in [3.05, 3.63) is 57.5 Å². The van der Waals surface area contributed by atoms with Crippen LogP contribution in [0.2, 0.25) is 0 Å². The number of aryl methyl sites for hydroxylation is 1. The molecule has 1 aliphatic heterocycles. The van der Waals surface area contributed by atoms with E-state index >= 15 is 0 Å². The van der Waals surface area contributed by atoms with Crippen molar-refractivity contribution in [3.63, 3.8) is 0 Å². The molecule has 0 spiro atoms. The summed E-state index contributed by atoms with van der Waals surface area (Å²) >= 11 is 0. The SMILES string of the molecule is Cc1cc([C@@H]2CCCN2Cc2cccc([N+](=O)[O-])c2)no1. The van der Waals surface area contributed by atoms with E-state index in [2.05, 4.69) is 10.1 Å². The van der Waals surface area contributed by atoms with Gasteiger partial charge in [-0.1, -0.05) is 17.3 Å². The highest BCUT2D eigenvalue weighted by molar-refractivity contribution is 5.34. The summed E-state index contributed by atoms with van der Waals surface area (Å²) in [6.07, 6.45) is 2.15. The monoisotopic (exact) mass is 287 g/mol. The van der Waals surface area contributed by atoms with Crippen LogP contribution in [-0.2, 0) is 6.54 Å². The summed E-state index contributed by atoms with van der Waals surface area (Å²) in [6.45, 7) is 3.55. The molecule has 2 aromatic rings. The molecule has 1 atom stereocenters. The van der Waals surface area contributed by atoms with Gasteiger partial charge >= 0.3 is 0 Å². The lowest BCUT2D eigenvalue weighted by atomic mass is 10.1. The van der Waals surface area contributed by atoms with E-state index in [1.54, 1.807) is 12.1 Å². The Bertz CT molecular complexity index is 653. The summed E-state index contributed by atoms with van der Waals surface area (Å²) in [5.74, 6) is 0.812. The van der Waals surface area contributed by atoms with Gasteiger partial charge in [0.15, 0.2) is 0 Å². The molecular formula is C15H17N3O3. The molecule has 6 heteroatoms. The van der Waals surface area contributed by atoms with Crippen LogP contribution in [0, 0.1) is 17.0 Å². The van der Waals surface area contributed by atoms with Crippen LogP contribution in [-0.4, -0.2) is 21.5 Å². The van der Waals surface area contributed by atoms with Crippen molar-refractivity contribution in [2.24, 2.45) is 0 Å². The zero-order valence-corrected chi connectivity index (χ0v) is 11.9. The normalized spacial score (nSPS) is 19.0. The van der Waals surface area contributed by atoms with Crippen molar-refractivity contribution in [2.45, 2.75) is 32.4 Å². The lowest BCUT2D eigenvalue weighted by molar-refractivity contribution is -0.384. The van der Waals surface area contributed by atoms with Gasteiger partial charge in [0.05, 0.1) is 11.0 Å². The van der Waals surface area contributed by atoms with Crippen LogP contribution in [0.1, 0.15) is 35.9 Å². The third-order valence-corrected chi connectivity index (χ3v) is 3.86. The second kappa shape index (κ2) is 5.65. The zero-order valence-electron chi connectivity index (χ0n) is 11.9. The van der Waals surface area contributed by atoms with E-state index in [1.807, 2.05) is 19.1 Å². The Morgan fingerprint density at radius 2 is 2.33 bits per heavy atom. The number of rotatable bonds is 4. The maximum absolute atomic E-state index is 10.8. The summed E-state index contributed by atoms with van der Waals surface area (Å²) in [6, 6.07) is 9.03. The Balaban J connectivity index is 1.77. The minimum atomic E-state index is -0.355. The smallest absolute Gasteiger partial charge is 0.269 e. The van der Waals surface area contributed by atoms with E-state index in [1.165, 1.54) is 6.07 Å². The Morgan fingerprint density at radius 1 is 1.48 bits per heavy atom. The third-order valence-electron chi connectivity index (χ3n) is 3.86. The summed E-state index contributed by atoms with van der Waals surface area (Å²) in [5, 5.41) is 15.0. The fourth-order valence-electron chi connectivity index (χ4n) is 2.90. The average Bonchev–Trinajstić information content (AvgIpc) is 3.08. The fourth-order valence-corrected chi connectivity index (χ4v) is 2.90. The van der Waals surface area contributed by atoms with Crippen LogP contribution >= 0.6 is 0 Å². The number of nitrogens with zero attached hydrogens (tertiary/aromatic N) is 3. The highest BCUT2D eigenvalue weighted by atomic mass is 16.6. The van der Waals surface area contributed by atoms with E-state index in [0.717, 1.165) is 36.4 Å². The predicted octanol–water partition coefficient (Wildman–Crippen LogP) is 3.23. The molecular weight excluding hydrogens is 270 g/mol. The van der Waals surface area contributed by atoms with Crippen LogP contribution in [0.5, 0.6) is 0 Å². The Labute approximate surface area is 122 Å². The van der Waals surface area contributed by atoms with E-state index in [0.29, 0.717) is 6.54 Å². The molecule has 0 amide bonds. The Kier molecular flexibility index (Phi) is 3.70. The molecule has 21 heavy (non-hydrogen) atoms. The molecule has 3 rings (SSSR count). The molecule has 2 heterocycles. The lowest BCUT2D eigenvalue weighted by Crippen LogP contribution is -2.23. The maximum atomic E-state index is 10.8. The Hall–Kier alpha value is -2.21. The van der Waals surface area contributed by atoms with E-state index in [9.17, 15) is 10.1 Å². The molecule has 1 aromatic heterocycles. The highest BCUT2D eigenvalue weighted by Gasteiger charge is 2.28. The predicted molar refractivity (Wildman–Crippen MR) is 76.7 cm³/mol. The number of aromatic nitrogens is 1.